The minimum atomic E-state index is -0.0212. The van der Waals surface area contributed by atoms with Crippen LogP contribution in [-0.4, -0.2) is 50.1 Å². The molecule has 28 heavy (non-hydrogen) atoms. The van der Waals surface area contributed by atoms with E-state index < -0.39 is 0 Å². The summed E-state index contributed by atoms with van der Waals surface area (Å²) in [4.78, 5) is 31.3. The monoisotopic (exact) mass is 379 g/mol. The number of carbonyl (C=O) groups excluding carboxylic acids is 1. The summed E-state index contributed by atoms with van der Waals surface area (Å²) in [5.41, 5.74) is 0.785. The Bertz CT molecular complexity index is 901. The summed E-state index contributed by atoms with van der Waals surface area (Å²) in [5, 5.41) is 7.04. The van der Waals surface area contributed by atoms with Crippen molar-refractivity contribution in [2.75, 3.05) is 18.0 Å². The van der Waals surface area contributed by atoms with Gasteiger partial charge in [0.2, 0.25) is 17.6 Å². The Hall–Kier alpha value is -3.36. The van der Waals surface area contributed by atoms with Crippen LogP contribution < -0.4 is 10.2 Å². The molecule has 1 saturated heterocycles. The Labute approximate surface area is 162 Å². The highest BCUT2D eigenvalue weighted by Gasteiger charge is 2.22. The van der Waals surface area contributed by atoms with E-state index in [1.807, 2.05) is 12.1 Å². The highest BCUT2D eigenvalue weighted by atomic mass is 16.5. The van der Waals surface area contributed by atoms with Crippen molar-refractivity contribution in [1.29, 1.82) is 0 Å². The Morgan fingerprint density at radius 3 is 3.00 bits per heavy atom. The van der Waals surface area contributed by atoms with Gasteiger partial charge in [-0.25, -0.2) is 4.98 Å². The zero-order valence-electron chi connectivity index (χ0n) is 15.4. The molecule has 1 aliphatic heterocycles. The lowest BCUT2D eigenvalue weighted by molar-refractivity contribution is -0.121. The third kappa shape index (κ3) is 4.48. The fourth-order valence-electron chi connectivity index (χ4n) is 3.25. The van der Waals surface area contributed by atoms with Gasteiger partial charge in [-0.15, -0.1) is 0 Å². The summed E-state index contributed by atoms with van der Waals surface area (Å²) >= 11 is 0. The number of pyridine rings is 1. The minimum absolute atomic E-state index is 0.0212. The fourth-order valence-corrected chi connectivity index (χ4v) is 3.25. The molecule has 1 N–H and O–H groups in total. The Morgan fingerprint density at radius 1 is 1.25 bits per heavy atom. The standard InChI is InChI=1S/C19H21N7O2/c27-17(5-6-18-24-19(25-28-18)14-3-1-7-20-11-14)23-15-4-2-10-26(13-15)16-12-21-8-9-22-16/h1,3,7-9,11-12,15H,2,4-6,10,13H2,(H,23,27). The van der Waals surface area contributed by atoms with Gasteiger partial charge in [-0.1, -0.05) is 5.16 Å². The fraction of sp³-hybridized carbons (Fsp3) is 0.368. The number of hydrogen-bond acceptors (Lipinski definition) is 8. The average molecular weight is 379 g/mol. The van der Waals surface area contributed by atoms with Gasteiger partial charge in [0.1, 0.15) is 5.82 Å². The summed E-state index contributed by atoms with van der Waals surface area (Å²) in [6, 6.07) is 3.77. The van der Waals surface area contributed by atoms with Crippen molar-refractivity contribution in [3.05, 3.63) is 49.0 Å². The molecule has 9 nitrogen and oxygen atoms in total. The number of hydrogen-bond donors (Lipinski definition) is 1. The number of nitrogens with zero attached hydrogens (tertiary/aromatic N) is 6. The molecular weight excluding hydrogens is 358 g/mol. The van der Waals surface area contributed by atoms with Gasteiger partial charge in [0.15, 0.2) is 0 Å². The first kappa shape index (κ1) is 18.0. The van der Waals surface area contributed by atoms with Crippen molar-refractivity contribution in [2.24, 2.45) is 0 Å². The molecule has 0 spiro atoms. The predicted molar refractivity (Wildman–Crippen MR) is 101 cm³/mol. The molecule has 1 aliphatic rings. The van der Waals surface area contributed by atoms with Crippen LogP contribution in [0.15, 0.2) is 47.6 Å². The Kier molecular flexibility index (Phi) is 5.51. The van der Waals surface area contributed by atoms with E-state index in [2.05, 4.69) is 35.3 Å². The zero-order chi connectivity index (χ0) is 19.2. The molecular formula is C19H21N7O2. The van der Waals surface area contributed by atoms with E-state index in [0.717, 1.165) is 37.3 Å². The smallest absolute Gasteiger partial charge is 0.227 e. The highest BCUT2D eigenvalue weighted by molar-refractivity contribution is 5.76. The zero-order valence-corrected chi connectivity index (χ0v) is 15.4. The van der Waals surface area contributed by atoms with Gasteiger partial charge in [0.05, 0.1) is 6.20 Å². The molecule has 144 valence electrons. The van der Waals surface area contributed by atoms with Gasteiger partial charge >= 0.3 is 0 Å². The van der Waals surface area contributed by atoms with Crippen LogP contribution in [0.1, 0.15) is 25.2 Å². The van der Waals surface area contributed by atoms with Crippen LogP contribution in [0.25, 0.3) is 11.4 Å². The molecule has 1 fully saturated rings. The summed E-state index contributed by atoms with van der Waals surface area (Å²) < 4.78 is 5.24. The molecule has 9 heteroatoms. The van der Waals surface area contributed by atoms with Crippen molar-refractivity contribution in [3.8, 4) is 11.4 Å². The summed E-state index contributed by atoms with van der Waals surface area (Å²) in [6.45, 7) is 1.65. The topological polar surface area (TPSA) is 110 Å². The molecule has 1 unspecified atom stereocenters. The van der Waals surface area contributed by atoms with Crippen molar-refractivity contribution in [3.63, 3.8) is 0 Å². The van der Waals surface area contributed by atoms with Gasteiger partial charge in [-0.05, 0) is 25.0 Å². The lowest BCUT2D eigenvalue weighted by Gasteiger charge is -2.33. The van der Waals surface area contributed by atoms with Crippen molar-refractivity contribution >= 4 is 11.7 Å². The van der Waals surface area contributed by atoms with Crippen LogP contribution in [0.2, 0.25) is 0 Å². The number of amides is 1. The second-order valence-corrected chi connectivity index (χ2v) is 6.67. The van der Waals surface area contributed by atoms with E-state index in [1.165, 1.54) is 0 Å². The first-order chi connectivity index (χ1) is 13.8. The van der Waals surface area contributed by atoms with Crippen LogP contribution in [0.5, 0.6) is 0 Å². The van der Waals surface area contributed by atoms with Crippen molar-refractivity contribution in [2.45, 2.75) is 31.7 Å². The van der Waals surface area contributed by atoms with E-state index in [4.69, 9.17) is 4.52 Å². The van der Waals surface area contributed by atoms with Crippen LogP contribution in [0.3, 0.4) is 0 Å². The third-order valence-electron chi connectivity index (χ3n) is 4.61. The molecule has 1 atom stereocenters. The van der Waals surface area contributed by atoms with E-state index in [-0.39, 0.29) is 11.9 Å². The summed E-state index contributed by atoms with van der Waals surface area (Å²) in [5.74, 6) is 1.75. The van der Waals surface area contributed by atoms with E-state index in [9.17, 15) is 4.79 Å². The number of carbonyl (C=O) groups is 1. The normalized spacial score (nSPS) is 16.7. The second kappa shape index (κ2) is 8.55. The summed E-state index contributed by atoms with van der Waals surface area (Å²) in [6.07, 6.45) is 11.1. The average Bonchev–Trinajstić information content (AvgIpc) is 3.23. The van der Waals surface area contributed by atoms with Crippen LogP contribution in [-0.2, 0) is 11.2 Å². The van der Waals surface area contributed by atoms with Crippen LogP contribution in [0.4, 0.5) is 5.82 Å². The number of rotatable bonds is 6. The molecule has 0 saturated carbocycles. The molecule has 0 aliphatic carbocycles. The van der Waals surface area contributed by atoms with Crippen LogP contribution in [0, 0.1) is 0 Å². The number of piperidine rings is 1. The lowest BCUT2D eigenvalue weighted by Crippen LogP contribution is -2.48. The largest absolute Gasteiger partial charge is 0.353 e. The summed E-state index contributed by atoms with van der Waals surface area (Å²) in [7, 11) is 0. The van der Waals surface area contributed by atoms with E-state index >= 15 is 0 Å². The molecule has 0 bridgehead atoms. The lowest BCUT2D eigenvalue weighted by atomic mass is 10.1. The number of aromatic nitrogens is 5. The van der Waals surface area contributed by atoms with Gasteiger partial charge in [-0.3, -0.25) is 14.8 Å². The van der Waals surface area contributed by atoms with Crippen molar-refractivity contribution < 1.29 is 9.32 Å². The number of aryl methyl sites for hydroxylation is 1. The predicted octanol–water partition coefficient (Wildman–Crippen LogP) is 1.64. The number of nitrogens with one attached hydrogen (secondary N) is 1. The first-order valence-corrected chi connectivity index (χ1v) is 9.31. The Balaban J connectivity index is 1.27. The maximum atomic E-state index is 12.3. The van der Waals surface area contributed by atoms with Crippen LogP contribution >= 0.6 is 0 Å². The minimum Gasteiger partial charge on any atom is -0.353 e. The molecule has 4 heterocycles. The molecule has 3 aromatic heterocycles. The highest BCUT2D eigenvalue weighted by Crippen LogP contribution is 2.17. The molecule has 4 rings (SSSR count). The van der Waals surface area contributed by atoms with Gasteiger partial charge < -0.3 is 14.7 Å². The Morgan fingerprint density at radius 2 is 2.18 bits per heavy atom. The van der Waals surface area contributed by atoms with Gasteiger partial charge in [-0.2, -0.15) is 4.98 Å². The van der Waals surface area contributed by atoms with E-state index in [0.29, 0.717) is 24.6 Å². The maximum absolute atomic E-state index is 12.3. The molecule has 1 amide bonds. The van der Waals surface area contributed by atoms with Gasteiger partial charge in [0.25, 0.3) is 0 Å². The quantitative estimate of drug-likeness (QED) is 0.688. The molecule has 0 aromatic carbocycles. The second-order valence-electron chi connectivity index (χ2n) is 6.67. The SMILES string of the molecule is O=C(CCc1nc(-c2cccnc2)no1)NC1CCCN(c2cnccn2)C1. The molecule has 3 aromatic rings. The maximum Gasteiger partial charge on any atom is 0.227 e. The third-order valence-corrected chi connectivity index (χ3v) is 4.61. The first-order valence-electron chi connectivity index (χ1n) is 9.31. The molecule has 0 radical (unpaired) electrons. The van der Waals surface area contributed by atoms with E-state index in [1.54, 1.807) is 31.0 Å². The van der Waals surface area contributed by atoms with Gasteiger partial charge in [0, 0.05) is 62.3 Å². The number of anilines is 1. The van der Waals surface area contributed by atoms with Crippen molar-refractivity contribution in [1.82, 2.24) is 30.4 Å².